The van der Waals surface area contributed by atoms with Gasteiger partial charge in [-0.25, -0.2) is 4.79 Å². The van der Waals surface area contributed by atoms with Crippen molar-refractivity contribution in [2.24, 2.45) is 11.7 Å². The quantitative estimate of drug-likeness (QED) is 0.756. The number of carboxylic acids is 1. The Balaban J connectivity index is 1.83. The van der Waals surface area contributed by atoms with E-state index in [2.05, 4.69) is 5.32 Å². The predicted molar refractivity (Wildman–Crippen MR) is 72.2 cm³/mol. The third kappa shape index (κ3) is 3.39. The summed E-state index contributed by atoms with van der Waals surface area (Å²) in [7, 11) is 0. The van der Waals surface area contributed by atoms with Crippen LogP contribution in [0.2, 0.25) is 0 Å². The number of hydrogen-bond donors (Lipinski definition) is 3. The molecule has 1 amide bonds. The third-order valence-electron chi connectivity index (χ3n) is 3.89. The summed E-state index contributed by atoms with van der Waals surface area (Å²) in [5.74, 6) is -0.142. The molecule has 20 heavy (non-hydrogen) atoms. The highest BCUT2D eigenvalue weighted by Gasteiger charge is 2.24. The summed E-state index contributed by atoms with van der Waals surface area (Å²) >= 11 is 0. The average molecular weight is 280 g/mol. The number of aryl methyl sites for hydroxylation is 1. The molecular weight excluding hydrogens is 260 g/mol. The topological polar surface area (TPSA) is 106 Å². The van der Waals surface area contributed by atoms with Gasteiger partial charge < -0.3 is 20.6 Å². The minimum absolute atomic E-state index is 0.00230. The van der Waals surface area contributed by atoms with Crippen molar-refractivity contribution < 1.29 is 19.1 Å². The van der Waals surface area contributed by atoms with Crippen molar-refractivity contribution in [3.8, 4) is 0 Å². The third-order valence-corrected chi connectivity index (χ3v) is 3.89. The lowest BCUT2D eigenvalue weighted by Gasteiger charge is -2.27. The van der Waals surface area contributed by atoms with Crippen molar-refractivity contribution in [3.05, 3.63) is 23.2 Å². The molecule has 6 heteroatoms. The largest absolute Gasteiger partial charge is 0.478 e. The van der Waals surface area contributed by atoms with Gasteiger partial charge in [0, 0.05) is 12.0 Å². The number of furan rings is 1. The van der Waals surface area contributed by atoms with Crippen molar-refractivity contribution in [2.75, 3.05) is 0 Å². The Bertz CT molecular complexity index is 501. The van der Waals surface area contributed by atoms with E-state index in [0.717, 1.165) is 25.7 Å². The Kier molecular flexibility index (Phi) is 4.44. The zero-order valence-electron chi connectivity index (χ0n) is 11.5. The standard InChI is InChI=1S/C14H20N2O4/c1-8-12(14(18)19)6-11(20-8)7-16-10-4-2-9(3-5-10)13(15)17/h6,9-10,16H,2-5,7H2,1H3,(H2,15,17)(H,18,19). The molecule has 0 radical (unpaired) electrons. The van der Waals surface area contributed by atoms with E-state index < -0.39 is 5.97 Å². The normalized spacial score (nSPS) is 22.6. The zero-order valence-corrected chi connectivity index (χ0v) is 11.5. The summed E-state index contributed by atoms with van der Waals surface area (Å²) in [5, 5.41) is 12.3. The molecule has 110 valence electrons. The lowest BCUT2D eigenvalue weighted by atomic mass is 9.85. The number of amides is 1. The molecule has 1 aromatic rings. The summed E-state index contributed by atoms with van der Waals surface area (Å²) in [6.07, 6.45) is 3.42. The van der Waals surface area contributed by atoms with Crippen LogP contribution in [0.4, 0.5) is 0 Å². The van der Waals surface area contributed by atoms with E-state index in [-0.39, 0.29) is 17.4 Å². The van der Waals surface area contributed by atoms with Crippen LogP contribution in [0.25, 0.3) is 0 Å². The average Bonchev–Trinajstić information content (AvgIpc) is 2.78. The first-order valence-corrected chi connectivity index (χ1v) is 6.82. The monoisotopic (exact) mass is 280 g/mol. The van der Waals surface area contributed by atoms with Gasteiger partial charge in [0.15, 0.2) is 0 Å². The minimum Gasteiger partial charge on any atom is -0.478 e. The number of carbonyl (C=O) groups excluding carboxylic acids is 1. The molecule has 0 unspecified atom stereocenters. The van der Waals surface area contributed by atoms with Crippen molar-refractivity contribution >= 4 is 11.9 Å². The SMILES string of the molecule is Cc1oc(CNC2CCC(C(N)=O)CC2)cc1C(=O)O. The first-order valence-electron chi connectivity index (χ1n) is 6.82. The van der Waals surface area contributed by atoms with Crippen LogP contribution in [0.3, 0.4) is 0 Å². The van der Waals surface area contributed by atoms with Crippen LogP contribution in [0.1, 0.15) is 47.6 Å². The smallest absolute Gasteiger partial charge is 0.339 e. The number of hydrogen-bond acceptors (Lipinski definition) is 4. The van der Waals surface area contributed by atoms with Gasteiger partial charge in [0.25, 0.3) is 0 Å². The second kappa shape index (κ2) is 6.09. The van der Waals surface area contributed by atoms with Gasteiger partial charge in [-0.1, -0.05) is 0 Å². The molecule has 2 rings (SSSR count). The lowest BCUT2D eigenvalue weighted by Crippen LogP contribution is -2.36. The van der Waals surface area contributed by atoms with Crippen LogP contribution in [0.15, 0.2) is 10.5 Å². The molecule has 0 aliphatic heterocycles. The highest BCUT2D eigenvalue weighted by Crippen LogP contribution is 2.24. The van der Waals surface area contributed by atoms with Crippen molar-refractivity contribution in [1.82, 2.24) is 5.32 Å². The van der Waals surface area contributed by atoms with Crippen molar-refractivity contribution in [3.63, 3.8) is 0 Å². The minimum atomic E-state index is -0.973. The van der Waals surface area contributed by atoms with Crippen molar-refractivity contribution in [1.29, 1.82) is 0 Å². The summed E-state index contributed by atoms with van der Waals surface area (Å²) in [6.45, 7) is 2.14. The summed E-state index contributed by atoms with van der Waals surface area (Å²) < 4.78 is 5.41. The van der Waals surface area contributed by atoms with E-state index in [1.54, 1.807) is 13.0 Å². The molecule has 1 aromatic heterocycles. The number of primary amides is 1. The molecule has 1 aliphatic rings. The zero-order chi connectivity index (χ0) is 14.7. The van der Waals surface area contributed by atoms with E-state index in [9.17, 15) is 9.59 Å². The first-order chi connectivity index (χ1) is 9.47. The Morgan fingerprint density at radius 2 is 2.05 bits per heavy atom. The molecular formula is C14H20N2O4. The lowest BCUT2D eigenvalue weighted by molar-refractivity contribution is -0.122. The maximum atomic E-state index is 11.1. The number of nitrogens with one attached hydrogen (secondary N) is 1. The van der Waals surface area contributed by atoms with Crippen LogP contribution in [0.5, 0.6) is 0 Å². The molecule has 4 N–H and O–H groups in total. The van der Waals surface area contributed by atoms with Crippen molar-refractivity contribution in [2.45, 2.75) is 45.2 Å². The molecule has 0 saturated heterocycles. The summed E-state index contributed by atoms with van der Waals surface area (Å²) in [6, 6.07) is 1.88. The highest BCUT2D eigenvalue weighted by molar-refractivity contribution is 5.88. The number of aromatic carboxylic acids is 1. The Morgan fingerprint density at radius 3 is 2.55 bits per heavy atom. The van der Waals surface area contributed by atoms with E-state index in [0.29, 0.717) is 24.1 Å². The Hall–Kier alpha value is -1.82. The molecule has 0 bridgehead atoms. The molecule has 1 aliphatic carbocycles. The fourth-order valence-corrected chi connectivity index (χ4v) is 2.67. The summed E-state index contributed by atoms with van der Waals surface area (Å²) in [4.78, 5) is 22.0. The van der Waals surface area contributed by atoms with Gasteiger partial charge in [-0.15, -0.1) is 0 Å². The van der Waals surface area contributed by atoms with Gasteiger partial charge in [0.2, 0.25) is 5.91 Å². The van der Waals surface area contributed by atoms with Crippen LogP contribution in [-0.4, -0.2) is 23.0 Å². The highest BCUT2D eigenvalue weighted by atomic mass is 16.4. The van der Waals surface area contributed by atoms with Crippen LogP contribution >= 0.6 is 0 Å². The molecule has 0 spiro atoms. The molecule has 1 saturated carbocycles. The van der Waals surface area contributed by atoms with Gasteiger partial charge in [0.1, 0.15) is 17.1 Å². The molecule has 0 atom stereocenters. The fourth-order valence-electron chi connectivity index (χ4n) is 2.67. The van der Waals surface area contributed by atoms with E-state index in [1.165, 1.54) is 0 Å². The van der Waals surface area contributed by atoms with Crippen LogP contribution < -0.4 is 11.1 Å². The second-order valence-corrected chi connectivity index (χ2v) is 5.32. The van der Waals surface area contributed by atoms with Crippen LogP contribution in [0, 0.1) is 12.8 Å². The van der Waals surface area contributed by atoms with E-state index in [1.807, 2.05) is 0 Å². The Morgan fingerprint density at radius 1 is 1.40 bits per heavy atom. The number of carbonyl (C=O) groups is 2. The number of rotatable bonds is 5. The molecule has 1 fully saturated rings. The fraction of sp³-hybridized carbons (Fsp3) is 0.571. The first kappa shape index (κ1) is 14.6. The van der Waals surface area contributed by atoms with Gasteiger partial charge in [-0.2, -0.15) is 0 Å². The number of carboxylic acid groups (broad SMARTS) is 1. The summed E-state index contributed by atoms with van der Waals surface area (Å²) in [5.41, 5.74) is 5.50. The van der Waals surface area contributed by atoms with E-state index >= 15 is 0 Å². The molecule has 0 aromatic carbocycles. The molecule has 6 nitrogen and oxygen atoms in total. The second-order valence-electron chi connectivity index (χ2n) is 5.32. The predicted octanol–water partition coefficient (Wildman–Crippen LogP) is 1.42. The van der Waals surface area contributed by atoms with Gasteiger partial charge in [-0.3, -0.25) is 4.79 Å². The van der Waals surface area contributed by atoms with E-state index in [4.69, 9.17) is 15.3 Å². The number of nitrogens with two attached hydrogens (primary N) is 1. The van der Waals surface area contributed by atoms with Crippen LogP contribution in [-0.2, 0) is 11.3 Å². The van der Waals surface area contributed by atoms with Gasteiger partial charge in [0.05, 0.1) is 6.54 Å². The maximum Gasteiger partial charge on any atom is 0.339 e. The Labute approximate surface area is 117 Å². The van der Waals surface area contributed by atoms with Gasteiger partial charge >= 0.3 is 5.97 Å². The molecule has 1 heterocycles. The maximum absolute atomic E-state index is 11.1. The van der Waals surface area contributed by atoms with Gasteiger partial charge in [-0.05, 0) is 38.7 Å².